The lowest BCUT2D eigenvalue weighted by Gasteiger charge is -1.99. The van der Waals surface area contributed by atoms with Crippen LogP contribution in [-0.2, 0) is 0 Å². The van der Waals surface area contributed by atoms with Crippen molar-refractivity contribution in [3.8, 4) is 11.5 Å². The van der Waals surface area contributed by atoms with E-state index in [0.29, 0.717) is 19.9 Å². The third-order valence-corrected chi connectivity index (χ3v) is 4.58. The highest BCUT2D eigenvalue weighted by atomic mass is 35.5. The Morgan fingerprint density at radius 3 is 2.35 bits per heavy atom. The van der Waals surface area contributed by atoms with Crippen LogP contribution in [0.25, 0.3) is 11.5 Å². The van der Waals surface area contributed by atoms with Crippen LogP contribution in [-0.4, -0.2) is 16.1 Å². The lowest BCUT2D eigenvalue weighted by molar-refractivity contribution is 0.102. The number of rotatable bonds is 3. The highest BCUT2D eigenvalue weighted by Crippen LogP contribution is 2.32. The average Bonchev–Trinajstić information content (AvgIpc) is 3.04. The molecule has 0 aliphatic carbocycles. The molecule has 0 saturated heterocycles. The van der Waals surface area contributed by atoms with Crippen LogP contribution in [0.3, 0.4) is 0 Å². The number of hydrogen-bond acceptors (Lipinski definition) is 5. The van der Waals surface area contributed by atoms with E-state index >= 15 is 0 Å². The molecule has 2 heterocycles. The van der Waals surface area contributed by atoms with Crippen molar-refractivity contribution >= 4 is 69.7 Å². The highest BCUT2D eigenvalue weighted by Gasteiger charge is 2.17. The van der Waals surface area contributed by atoms with Crippen LogP contribution in [0.15, 0.2) is 28.7 Å². The number of thiophene rings is 1. The van der Waals surface area contributed by atoms with Gasteiger partial charge >= 0.3 is 6.01 Å². The van der Waals surface area contributed by atoms with Gasteiger partial charge in [0.15, 0.2) is 0 Å². The number of hydrogen-bond donors (Lipinski definition) is 1. The number of anilines is 1. The molecule has 0 atom stereocenters. The highest BCUT2D eigenvalue weighted by molar-refractivity contribution is 7.20. The summed E-state index contributed by atoms with van der Waals surface area (Å²) in [4.78, 5) is 12.1. The number of amides is 1. The number of aromatic nitrogens is 2. The minimum atomic E-state index is -0.502. The van der Waals surface area contributed by atoms with Gasteiger partial charge in [-0.2, -0.15) is 0 Å². The van der Waals surface area contributed by atoms with Gasteiger partial charge in [-0.1, -0.05) is 51.5 Å². The van der Waals surface area contributed by atoms with E-state index in [1.54, 1.807) is 18.2 Å². The second kappa shape index (κ2) is 6.67. The van der Waals surface area contributed by atoms with Gasteiger partial charge in [0.05, 0.1) is 9.90 Å². The summed E-state index contributed by atoms with van der Waals surface area (Å²) in [5, 5.41) is 10.9. The number of benzene rings is 1. The molecule has 3 aromatic rings. The Morgan fingerprint density at radius 2 is 1.74 bits per heavy atom. The minimum absolute atomic E-state index is 0.0838. The Balaban J connectivity index is 1.82. The van der Waals surface area contributed by atoms with E-state index in [1.165, 1.54) is 6.07 Å². The van der Waals surface area contributed by atoms with Crippen molar-refractivity contribution in [2.75, 3.05) is 5.32 Å². The summed E-state index contributed by atoms with van der Waals surface area (Å²) in [6.45, 7) is 0. The first-order chi connectivity index (χ1) is 10.9. The number of nitrogens with zero attached hydrogens (tertiary/aromatic N) is 2. The molecule has 1 aromatic carbocycles. The summed E-state index contributed by atoms with van der Waals surface area (Å²) in [7, 11) is 0. The topological polar surface area (TPSA) is 68.0 Å². The van der Waals surface area contributed by atoms with Gasteiger partial charge in [-0.15, -0.1) is 16.4 Å². The molecule has 0 aliphatic rings. The zero-order chi connectivity index (χ0) is 16.6. The molecule has 3 rings (SSSR count). The number of nitrogens with one attached hydrogen (secondary N) is 1. The summed E-state index contributed by atoms with van der Waals surface area (Å²) in [5.41, 5.74) is 0.763. The monoisotopic (exact) mass is 407 g/mol. The minimum Gasteiger partial charge on any atom is -0.403 e. The SMILES string of the molecule is O=C(Nc1nnc(-c2cc(Cl)cc(Cl)c2)o1)c1cc(Cl)sc1Cl. The molecule has 0 unspecified atom stereocenters. The van der Waals surface area contributed by atoms with Crippen molar-refractivity contribution in [2.45, 2.75) is 0 Å². The van der Waals surface area contributed by atoms with Crippen LogP contribution in [0.2, 0.25) is 18.7 Å². The van der Waals surface area contributed by atoms with Gasteiger partial charge in [-0.05, 0) is 24.3 Å². The van der Waals surface area contributed by atoms with Crippen LogP contribution in [0.5, 0.6) is 0 Å². The molecule has 5 nitrogen and oxygen atoms in total. The third kappa shape index (κ3) is 3.79. The quantitative estimate of drug-likeness (QED) is 0.606. The molecule has 0 bridgehead atoms. The Labute approximate surface area is 154 Å². The van der Waals surface area contributed by atoms with E-state index in [9.17, 15) is 4.79 Å². The van der Waals surface area contributed by atoms with Gasteiger partial charge in [0.2, 0.25) is 5.89 Å². The molecule has 0 radical (unpaired) electrons. The van der Waals surface area contributed by atoms with E-state index < -0.39 is 5.91 Å². The van der Waals surface area contributed by atoms with Gasteiger partial charge in [0, 0.05) is 15.6 Å². The van der Waals surface area contributed by atoms with E-state index in [2.05, 4.69) is 15.5 Å². The zero-order valence-corrected chi connectivity index (χ0v) is 14.8. The molecule has 1 N–H and O–H groups in total. The molecular weight excluding hydrogens is 404 g/mol. The summed E-state index contributed by atoms with van der Waals surface area (Å²) >= 11 is 24.7. The fraction of sp³-hybridized carbons (Fsp3) is 0. The molecular formula is C13H5Cl4N3O2S. The maximum absolute atomic E-state index is 12.1. The molecule has 0 saturated carbocycles. The zero-order valence-electron chi connectivity index (χ0n) is 10.9. The van der Waals surface area contributed by atoms with Crippen molar-refractivity contribution in [2.24, 2.45) is 0 Å². The van der Waals surface area contributed by atoms with Gasteiger partial charge in [-0.25, -0.2) is 0 Å². The first-order valence-corrected chi connectivity index (χ1v) is 8.31. The smallest absolute Gasteiger partial charge is 0.322 e. The average molecular weight is 409 g/mol. The van der Waals surface area contributed by atoms with Crippen molar-refractivity contribution in [1.82, 2.24) is 10.2 Å². The van der Waals surface area contributed by atoms with Crippen molar-refractivity contribution < 1.29 is 9.21 Å². The molecule has 23 heavy (non-hydrogen) atoms. The van der Waals surface area contributed by atoms with Crippen LogP contribution in [0.1, 0.15) is 10.4 Å². The summed E-state index contributed by atoms with van der Waals surface area (Å²) in [6.07, 6.45) is 0. The van der Waals surface area contributed by atoms with Crippen LogP contribution in [0, 0.1) is 0 Å². The predicted octanol–water partition coefficient (Wildman–Crippen LogP) is 5.66. The Bertz CT molecular complexity index is 873. The Hall–Kier alpha value is -1.31. The molecule has 2 aromatic heterocycles. The van der Waals surface area contributed by atoms with Gasteiger partial charge < -0.3 is 4.42 Å². The van der Waals surface area contributed by atoms with Gasteiger partial charge in [0.1, 0.15) is 4.34 Å². The van der Waals surface area contributed by atoms with E-state index in [0.717, 1.165) is 11.3 Å². The largest absolute Gasteiger partial charge is 0.403 e. The number of halogens is 4. The summed E-state index contributed by atoms with van der Waals surface area (Å²) < 4.78 is 6.05. The second-order valence-electron chi connectivity index (χ2n) is 4.26. The maximum Gasteiger partial charge on any atom is 0.322 e. The number of carbonyl (C=O) groups is 1. The van der Waals surface area contributed by atoms with Crippen molar-refractivity contribution in [3.05, 3.63) is 48.5 Å². The lowest BCUT2D eigenvalue weighted by atomic mass is 10.2. The van der Waals surface area contributed by atoms with Crippen LogP contribution in [0.4, 0.5) is 6.01 Å². The van der Waals surface area contributed by atoms with Gasteiger partial charge in [-0.3, -0.25) is 10.1 Å². The molecule has 0 aliphatic heterocycles. The van der Waals surface area contributed by atoms with Crippen LogP contribution < -0.4 is 5.32 Å². The molecule has 118 valence electrons. The Kier molecular flexibility index (Phi) is 4.79. The summed E-state index contributed by atoms with van der Waals surface area (Å²) in [6, 6.07) is 6.18. The van der Waals surface area contributed by atoms with E-state index in [4.69, 9.17) is 50.8 Å². The normalized spacial score (nSPS) is 10.8. The third-order valence-electron chi connectivity index (χ3n) is 2.66. The fourth-order valence-electron chi connectivity index (χ4n) is 1.73. The second-order valence-corrected chi connectivity index (χ2v) is 7.42. The molecule has 10 heteroatoms. The first-order valence-electron chi connectivity index (χ1n) is 5.98. The predicted molar refractivity (Wildman–Crippen MR) is 92.0 cm³/mol. The molecule has 0 fully saturated rings. The van der Waals surface area contributed by atoms with Crippen molar-refractivity contribution in [1.29, 1.82) is 0 Å². The van der Waals surface area contributed by atoms with Crippen molar-refractivity contribution in [3.63, 3.8) is 0 Å². The van der Waals surface area contributed by atoms with E-state index in [1.807, 2.05) is 0 Å². The molecule has 0 spiro atoms. The number of carbonyl (C=O) groups excluding carboxylic acids is 1. The molecule has 1 amide bonds. The fourth-order valence-corrected chi connectivity index (χ4v) is 3.71. The van der Waals surface area contributed by atoms with E-state index in [-0.39, 0.29) is 21.8 Å². The maximum atomic E-state index is 12.1. The van der Waals surface area contributed by atoms with Crippen LogP contribution >= 0.6 is 57.7 Å². The van der Waals surface area contributed by atoms with Gasteiger partial charge in [0.25, 0.3) is 5.91 Å². The lowest BCUT2D eigenvalue weighted by Crippen LogP contribution is -2.11. The first kappa shape index (κ1) is 16.5. The standard InChI is InChI=1S/C13H5Cl4N3O2S/c14-6-1-5(2-7(15)3-6)12-19-20-13(22-12)18-11(21)8-4-9(16)23-10(8)17/h1-4H,(H,18,20,21). The Morgan fingerprint density at radius 1 is 1.04 bits per heavy atom. The summed E-state index contributed by atoms with van der Waals surface area (Å²) in [5.74, 6) is -0.336.